The van der Waals surface area contributed by atoms with Gasteiger partial charge in [0.15, 0.2) is 0 Å². The zero-order valence-electron chi connectivity index (χ0n) is 14.6. The van der Waals surface area contributed by atoms with Gasteiger partial charge in [-0.05, 0) is 66.5 Å². The van der Waals surface area contributed by atoms with Gasteiger partial charge >= 0.3 is 0 Å². The van der Waals surface area contributed by atoms with Gasteiger partial charge in [0.25, 0.3) is 0 Å². The van der Waals surface area contributed by atoms with Gasteiger partial charge in [0.2, 0.25) is 0 Å². The summed E-state index contributed by atoms with van der Waals surface area (Å²) in [7, 11) is 0. The highest BCUT2D eigenvalue weighted by molar-refractivity contribution is 5.78. The fourth-order valence-electron chi connectivity index (χ4n) is 4.75. The van der Waals surface area contributed by atoms with E-state index >= 15 is 0 Å². The van der Waals surface area contributed by atoms with Gasteiger partial charge in [-0.3, -0.25) is 9.88 Å². The van der Waals surface area contributed by atoms with Crippen LogP contribution < -0.4 is 0 Å². The van der Waals surface area contributed by atoms with Crippen LogP contribution >= 0.6 is 0 Å². The molecule has 6 rings (SSSR count). The van der Waals surface area contributed by atoms with Crippen molar-refractivity contribution in [2.45, 2.75) is 38.3 Å². The topological polar surface area (TPSA) is 16.1 Å². The molecular weight excluding hydrogens is 304 g/mol. The van der Waals surface area contributed by atoms with Crippen molar-refractivity contribution in [1.29, 1.82) is 0 Å². The van der Waals surface area contributed by atoms with E-state index in [-0.39, 0.29) is 0 Å². The van der Waals surface area contributed by atoms with E-state index in [1.807, 2.05) is 12.3 Å². The maximum absolute atomic E-state index is 4.45. The maximum atomic E-state index is 4.45. The van der Waals surface area contributed by atoms with E-state index in [2.05, 4.69) is 58.4 Å². The first-order valence-electron chi connectivity index (χ1n) is 9.50. The van der Waals surface area contributed by atoms with Crippen molar-refractivity contribution in [3.8, 4) is 0 Å². The Labute approximate surface area is 149 Å². The lowest BCUT2D eigenvalue weighted by atomic mass is 9.80. The van der Waals surface area contributed by atoms with Crippen LogP contribution in [-0.4, -0.2) is 22.5 Å². The highest BCUT2D eigenvalue weighted by Crippen LogP contribution is 2.33. The predicted octanol–water partition coefficient (Wildman–Crippen LogP) is 4.61. The van der Waals surface area contributed by atoms with E-state index in [0.717, 1.165) is 18.0 Å². The molecular formula is C23H24N2. The second-order valence-electron chi connectivity index (χ2n) is 7.73. The largest absolute Gasteiger partial charge is 0.296 e. The van der Waals surface area contributed by atoms with Gasteiger partial charge in [0.05, 0.1) is 5.52 Å². The van der Waals surface area contributed by atoms with Crippen LogP contribution in [0.25, 0.3) is 10.9 Å². The fraction of sp³-hybridized carbons (Fsp3) is 0.348. The summed E-state index contributed by atoms with van der Waals surface area (Å²) in [6.07, 6.45) is 7.06. The third-order valence-corrected chi connectivity index (χ3v) is 6.05. The van der Waals surface area contributed by atoms with E-state index in [0.29, 0.717) is 6.04 Å². The molecule has 2 heteroatoms. The SMILES string of the molecule is c1ccc2c(c1)C[C@H]1CC[C@H](C2)N(Cc2ccc3ncccc3c2)C1. The van der Waals surface area contributed by atoms with Crippen LogP contribution in [0.4, 0.5) is 0 Å². The number of aromatic nitrogens is 1. The Morgan fingerprint density at radius 1 is 0.920 bits per heavy atom. The third kappa shape index (κ3) is 2.96. The van der Waals surface area contributed by atoms with Gasteiger partial charge in [-0.15, -0.1) is 0 Å². The van der Waals surface area contributed by atoms with Crippen molar-refractivity contribution in [1.82, 2.24) is 9.88 Å². The van der Waals surface area contributed by atoms with Crippen LogP contribution in [0, 0.1) is 5.92 Å². The molecule has 3 aromatic rings. The smallest absolute Gasteiger partial charge is 0.0702 e. The molecule has 2 atom stereocenters. The Balaban J connectivity index is 1.42. The average Bonchev–Trinajstić information content (AvgIpc) is 2.62. The molecule has 25 heavy (non-hydrogen) atoms. The Hall–Kier alpha value is -2.19. The first-order chi connectivity index (χ1) is 12.3. The minimum atomic E-state index is 0.683. The van der Waals surface area contributed by atoms with Gasteiger partial charge in [-0.1, -0.05) is 36.4 Å². The van der Waals surface area contributed by atoms with Crippen molar-refractivity contribution >= 4 is 10.9 Å². The van der Waals surface area contributed by atoms with Gasteiger partial charge in [0, 0.05) is 30.7 Å². The molecule has 0 radical (unpaired) electrons. The molecule has 0 unspecified atom stereocenters. The molecule has 1 aliphatic carbocycles. The average molecular weight is 328 g/mol. The highest BCUT2D eigenvalue weighted by Gasteiger charge is 2.31. The molecule has 1 fully saturated rings. The number of piperidine rings is 1. The number of rotatable bonds is 2. The molecule has 1 saturated heterocycles. The van der Waals surface area contributed by atoms with Crippen LogP contribution in [0.2, 0.25) is 0 Å². The fourth-order valence-corrected chi connectivity index (χ4v) is 4.75. The van der Waals surface area contributed by atoms with Crippen molar-refractivity contribution in [2.24, 2.45) is 5.92 Å². The number of pyridine rings is 1. The van der Waals surface area contributed by atoms with E-state index in [1.165, 1.54) is 43.2 Å². The standard InChI is InChI=1S/C23H24N2/c1-2-5-20-14-22-9-7-17(12-19(20)4-1)15-25(22)16-18-8-10-23-21(13-18)6-3-11-24-23/h1-6,8,10-11,13,17,22H,7,9,12,14-16H2/t17-,22-/m1/s1. The second kappa shape index (κ2) is 6.27. The summed E-state index contributed by atoms with van der Waals surface area (Å²) >= 11 is 0. The molecule has 3 heterocycles. The Bertz CT molecular complexity index is 901. The van der Waals surface area contributed by atoms with Crippen LogP contribution in [-0.2, 0) is 19.4 Å². The van der Waals surface area contributed by atoms with Crippen LogP contribution in [0.3, 0.4) is 0 Å². The summed E-state index contributed by atoms with van der Waals surface area (Å²) in [5.41, 5.74) is 5.67. The lowest BCUT2D eigenvalue weighted by molar-refractivity contribution is 0.0938. The van der Waals surface area contributed by atoms with Crippen molar-refractivity contribution < 1.29 is 0 Å². The van der Waals surface area contributed by atoms with Crippen LogP contribution in [0.15, 0.2) is 60.8 Å². The minimum absolute atomic E-state index is 0.683. The number of hydrogen-bond donors (Lipinski definition) is 0. The molecule has 0 saturated carbocycles. The summed E-state index contributed by atoms with van der Waals surface area (Å²) in [5, 5.41) is 1.25. The quantitative estimate of drug-likeness (QED) is 0.683. The number of nitrogens with zero attached hydrogens (tertiary/aromatic N) is 2. The summed E-state index contributed by atoms with van der Waals surface area (Å²) in [5.74, 6) is 0.805. The summed E-state index contributed by atoms with van der Waals surface area (Å²) in [6, 6.07) is 20.7. The Morgan fingerprint density at radius 3 is 2.72 bits per heavy atom. The molecule has 2 aromatic carbocycles. The van der Waals surface area contributed by atoms with Crippen molar-refractivity contribution in [3.63, 3.8) is 0 Å². The van der Waals surface area contributed by atoms with E-state index in [4.69, 9.17) is 0 Å². The minimum Gasteiger partial charge on any atom is -0.296 e. The molecule has 126 valence electrons. The zero-order chi connectivity index (χ0) is 16.6. The Kier molecular flexibility index (Phi) is 3.79. The normalized spacial score (nSPS) is 23.2. The van der Waals surface area contributed by atoms with Gasteiger partial charge in [0.1, 0.15) is 0 Å². The van der Waals surface area contributed by atoms with Crippen LogP contribution in [0.5, 0.6) is 0 Å². The van der Waals surface area contributed by atoms with Gasteiger partial charge in [-0.25, -0.2) is 0 Å². The van der Waals surface area contributed by atoms with Crippen molar-refractivity contribution in [3.05, 3.63) is 77.5 Å². The van der Waals surface area contributed by atoms with E-state index in [9.17, 15) is 0 Å². The van der Waals surface area contributed by atoms with Crippen molar-refractivity contribution in [2.75, 3.05) is 6.54 Å². The second-order valence-corrected chi connectivity index (χ2v) is 7.73. The third-order valence-electron chi connectivity index (χ3n) is 6.05. The molecule has 0 amide bonds. The predicted molar refractivity (Wildman–Crippen MR) is 103 cm³/mol. The molecule has 2 bridgehead atoms. The number of fused-ring (bicyclic) bond motifs is 3. The molecule has 0 spiro atoms. The highest BCUT2D eigenvalue weighted by atomic mass is 15.2. The maximum Gasteiger partial charge on any atom is 0.0702 e. The van der Waals surface area contributed by atoms with Gasteiger partial charge in [-0.2, -0.15) is 0 Å². The summed E-state index contributed by atoms with van der Waals surface area (Å²) < 4.78 is 0. The first kappa shape index (κ1) is 15.1. The lowest BCUT2D eigenvalue weighted by Crippen LogP contribution is -2.46. The lowest BCUT2D eigenvalue weighted by Gasteiger charge is -2.42. The zero-order valence-corrected chi connectivity index (χ0v) is 14.6. The monoisotopic (exact) mass is 328 g/mol. The molecule has 2 nitrogen and oxygen atoms in total. The number of hydrogen-bond acceptors (Lipinski definition) is 2. The summed E-state index contributed by atoms with van der Waals surface area (Å²) in [6.45, 7) is 2.30. The Morgan fingerprint density at radius 2 is 1.80 bits per heavy atom. The molecule has 1 aromatic heterocycles. The molecule has 0 N–H and O–H groups in total. The van der Waals surface area contributed by atoms with Gasteiger partial charge < -0.3 is 0 Å². The molecule has 3 aliphatic rings. The summed E-state index contributed by atoms with van der Waals surface area (Å²) in [4.78, 5) is 7.18. The van der Waals surface area contributed by atoms with Crippen LogP contribution in [0.1, 0.15) is 29.5 Å². The van der Waals surface area contributed by atoms with E-state index in [1.54, 1.807) is 11.1 Å². The van der Waals surface area contributed by atoms with E-state index < -0.39 is 0 Å². The molecule has 2 aliphatic heterocycles. The first-order valence-corrected chi connectivity index (χ1v) is 9.50. The number of benzene rings is 2.